The SMILES string of the molecule is CCCC(=O)OCc1ccc(OC2CC(O)CC(C(=O)O)O2)c(CNC(=O)CCNC)c1. The molecule has 10 heteroatoms. The predicted molar refractivity (Wildman–Crippen MR) is 114 cm³/mol. The van der Waals surface area contributed by atoms with Gasteiger partial charge in [-0.05, 0) is 31.2 Å². The maximum Gasteiger partial charge on any atom is 0.333 e. The van der Waals surface area contributed by atoms with Crippen molar-refractivity contribution in [2.75, 3.05) is 13.6 Å². The van der Waals surface area contributed by atoms with Crippen LogP contribution in [0.4, 0.5) is 0 Å². The first-order valence-electron chi connectivity index (χ1n) is 10.7. The smallest absolute Gasteiger partial charge is 0.333 e. The number of aliphatic hydroxyl groups is 1. The predicted octanol–water partition coefficient (Wildman–Crippen LogP) is 1.09. The number of carboxylic acids is 1. The van der Waals surface area contributed by atoms with E-state index in [9.17, 15) is 24.6 Å². The molecule has 0 bridgehead atoms. The largest absolute Gasteiger partial charge is 0.479 e. The topological polar surface area (TPSA) is 143 Å². The Labute approximate surface area is 187 Å². The first-order chi connectivity index (χ1) is 15.3. The number of aliphatic carboxylic acids is 1. The lowest BCUT2D eigenvalue weighted by Crippen LogP contribution is -2.42. The van der Waals surface area contributed by atoms with E-state index in [1.807, 2.05) is 6.92 Å². The molecule has 1 fully saturated rings. The summed E-state index contributed by atoms with van der Waals surface area (Å²) in [6.45, 7) is 2.67. The highest BCUT2D eigenvalue weighted by molar-refractivity contribution is 5.76. The summed E-state index contributed by atoms with van der Waals surface area (Å²) < 4.78 is 16.5. The second-order valence-electron chi connectivity index (χ2n) is 7.62. The fourth-order valence-corrected chi connectivity index (χ4v) is 3.17. The zero-order valence-corrected chi connectivity index (χ0v) is 18.5. The first-order valence-corrected chi connectivity index (χ1v) is 10.7. The number of amides is 1. The van der Waals surface area contributed by atoms with Crippen LogP contribution in [0.25, 0.3) is 0 Å². The molecular weight excluding hydrogens is 420 g/mol. The summed E-state index contributed by atoms with van der Waals surface area (Å²) in [5.74, 6) is -1.23. The fourth-order valence-electron chi connectivity index (χ4n) is 3.17. The van der Waals surface area contributed by atoms with Crippen LogP contribution in [0.2, 0.25) is 0 Å². The number of benzene rings is 1. The van der Waals surface area contributed by atoms with E-state index in [1.54, 1.807) is 25.2 Å². The highest BCUT2D eigenvalue weighted by atomic mass is 16.7. The van der Waals surface area contributed by atoms with Crippen molar-refractivity contribution >= 4 is 17.8 Å². The Morgan fingerprint density at radius 3 is 2.69 bits per heavy atom. The molecule has 1 heterocycles. The van der Waals surface area contributed by atoms with Crippen LogP contribution in [-0.4, -0.2) is 60.1 Å². The molecule has 1 aromatic carbocycles. The number of carbonyl (C=O) groups excluding carboxylic acids is 2. The van der Waals surface area contributed by atoms with Gasteiger partial charge in [-0.1, -0.05) is 13.0 Å². The van der Waals surface area contributed by atoms with Gasteiger partial charge >= 0.3 is 11.9 Å². The molecule has 1 saturated heterocycles. The molecule has 0 spiro atoms. The van der Waals surface area contributed by atoms with E-state index in [1.165, 1.54) is 0 Å². The Hall–Kier alpha value is -2.69. The van der Waals surface area contributed by atoms with E-state index in [-0.39, 0.29) is 37.9 Å². The van der Waals surface area contributed by atoms with Crippen LogP contribution in [-0.2, 0) is 37.0 Å². The van der Waals surface area contributed by atoms with Gasteiger partial charge in [-0.25, -0.2) is 4.79 Å². The monoisotopic (exact) mass is 452 g/mol. The van der Waals surface area contributed by atoms with Gasteiger partial charge in [0, 0.05) is 44.3 Å². The fraction of sp³-hybridized carbons (Fsp3) is 0.591. The number of nitrogens with one attached hydrogen (secondary N) is 2. The van der Waals surface area contributed by atoms with Gasteiger partial charge < -0.3 is 35.1 Å². The summed E-state index contributed by atoms with van der Waals surface area (Å²) in [6, 6.07) is 5.12. The number of carboxylic acid groups (broad SMARTS) is 1. The van der Waals surface area contributed by atoms with Crippen molar-refractivity contribution in [1.82, 2.24) is 10.6 Å². The average Bonchev–Trinajstić information content (AvgIpc) is 2.75. The zero-order valence-electron chi connectivity index (χ0n) is 18.5. The third-order valence-corrected chi connectivity index (χ3v) is 4.86. The Morgan fingerprint density at radius 1 is 1.22 bits per heavy atom. The maximum atomic E-state index is 12.0. The van der Waals surface area contributed by atoms with Crippen molar-refractivity contribution in [3.8, 4) is 5.75 Å². The van der Waals surface area contributed by atoms with Crippen LogP contribution in [0.3, 0.4) is 0 Å². The van der Waals surface area contributed by atoms with Crippen LogP contribution in [0.15, 0.2) is 18.2 Å². The molecule has 0 aromatic heterocycles. The number of hydrogen-bond acceptors (Lipinski definition) is 8. The van der Waals surface area contributed by atoms with Gasteiger partial charge in [-0.15, -0.1) is 0 Å². The molecular formula is C22H32N2O8. The van der Waals surface area contributed by atoms with E-state index in [2.05, 4.69) is 10.6 Å². The lowest BCUT2D eigenvalue weighted by Gasteiger charge is -2.31. The molecule has 3 unspecified atom stereocenters. The molecule has 1 aliphatic rings. The highest BCUT2D eigenvalue weighted by Crippen LogP contribution is 2.27. The minimum Gasteiger partial charge on any atom is -0.479 e. The molecule has 3 atom stereocenters. The molecule has 178 valence electrons. The van der Waals surface area contributed by atoms with Crippen LogP contribution in [0, 0.1) is 0 Å². The number of rotatable bonds is 12. The number of hydrogen-bond donors (Lipinski definition) is 4. The van der Waals surface area contributed by atoms with Crippen molar-refractivity contribution in [2.45, 2.75) is 70.7 Å². The van der Waals surface area contributed by atoms with Crippen LogP contribution < -0.4 is 15.4 Å². The van der Waals surface area contributed by atoms with Gasteiger partial charge in [0.25, 0.3) is 0 Å². The second kappa shape index (κ2) is 13.0. The van der Waals surface area contributed by atoms with Gasteiger partial charge in [-0.2, -0.15) is 0 Å². The molecule has 10 nitrogen and oxygen atoms in total. The molecule has 0 radical (unpaired) electrons. The summed E-state index contributed by atoms with van der Waals surface area (Å²) in [4.78, 5) is 35.0. The molecule has 2 rings (SSSR count). The summed E-state index contributed by atoms with van der Waals surface area (Å²) in [7, 11) is 1.76. The Morgan fingerprint density at radius 2 is 2.00 bits per heavy atom. The van der Waals surface area contributed by atoms with E-state index >= 15 is 0 Å². The highest BCUT2D eigenvalue weighted by Gasteiger charge is 2.34. The second-order valence-corrected chi connectivity index (χ2v) is 7.62. The molecule has 1 aliphatic heterocycles. The maximum absolute atomic E-state index is 12.0. The standard InChI is InChI=1S/C22H32N2O8/c1-3-4-20(27)30-13-14-5-6-17(15(9-14)12-24-19(26)7-8-23-2)31-21-11-16(25)10-18(32-21)22(28)29/h5-6,9,16,18,21,23,25H,3-4,7-8,10-13H2,1-2H3,(H,24,26)(H,28,29). The number of carbonyl (C=O) groups is 3. The van der Waals surface area contributed by atoms with E-state index < -0.39 is 24.5 Å². The van der Waals surface area contributed by atoms with Gasteiger partial charge in [0.05, 0.1) is 6.10 Å². The minimum absolute atomic E-state index is 0.00830. The summed E-state index contributed by atoms with van der Waals surface area (Å²) in [6.07, 6.45) is -1.53. The molecule has 1 aromatic rings. The number of aliphatic hydroxyl groups excluding tert-OH is 1. The molecule has 0 saturated carbocycles. The zero-order chi connectivity index (χ0) is 23.5. The molecule has 32 heavy (non-hydrogen) atoms. The summed E-state index contributed by atoms with van der Waals surface area (Å²) in [5.41, 5.74) is 1.33. The minimum atomic E-state index is -1.17. The van der Waals surface area contributed by atoms with Crippen molar-refractivity contribution in [1.29, 1.82) is 0 Å². The van der Waals surface area contributed by atoms with E-state index in [0.717, 1.165) is 0 Å². The molecule has 1 amide bonds. The van der Waals surface area contributed by atoms with E-state index in [0.29, 0.717) is 42.7 Å². The van der Waals surface area contributed by atoms with Gasteiger partial charge in [0.2, 0.25) is 12.2 Å². The van der Waals surface area contributed by atoms with Crippen LogP contribution in [0.5, 0.6) is 5.75 Å². The molecule has 4 N–H and O–H groups in total. The quantitative estimate of drug-likeness (QED) is 0.343. The van der Waals surface area contributed by atoms with Crippen LogP contribution in [0.1, 0.15) is 50.2 Å². The summed E-state index contributed by atoms with van der Waals surface area (Å²) >= 11 is 0. The Bertz CT molecular complexity index is 785. The Kier molecular flexibility index (Phi) is 10.4. The molecule has 0 aliphatic carbocycles. The third-order valence-electron chi connectivity index (χ3n) is 4.86. The van der Waals surface area contributed by atoms with Crippen molar-refractivity contribution in [3.63, 3.8) is 0 Å². The third kappa shape index (κ3) is 8.45. The number of ether oxygens (including phenoxy) is 3. The normalized spacial score (nSPS) is 20.4. The first kappa shape index (κ1) is 25.6. The van der Waals surface area contributed by atoms with Gasteiger partial charge in [0.15, 0.2) is 6.10 Å². The van der Waals surface area contributed by atoms with Crippen molar-refractivity contribution < 1.29 is 38.8 Å². The van der Waals surface area contributed by atoms with Crippen LogP contribution >= 0.6 is 0 Å². The lowest BCUT2D eigenvalue weighted by molar-refractivity contribution is -0.195. The van der Waals surface area contributed by atoms with E-state index in [4.69, 9.17) is 14.2 Å². The van der Waals surface area contributed by atoms with Crippen molar-refractivity contribution in [3.05, 3.63) is 29.3 Å². The van der Waals surface area contributed by atoms with Gasteiger partial charge in [-0.3, -0.25) is 9.59 Å². The summed E-state index contributed by atoms with van der Waals surface area (Å²) in [5, 5.41) is 24.9. The lowest BCUT2D eigenvalue weighted by atomic mass is 10.1. The van der Waals surface area contributed by atoms with Crippen molar-refractivity contribution in [2.24, 2.45) is 0 Å². The Balaban J connectivity index is 2.13. The number of esters is 1. The average molecular weight is 453 g/mol. The van der Waals surface area contributed by atoms with Gasteiger partial charge in [0.1, 0.15) is 12.4 Å².